The molecular weight excluding hydrogens is 1230 g/mol. The van der Waals surface area contributed by atoms with E-state index in [2.05, 4.69) is 95.8 Å². The highest BCUT2D eigenvalue weighted by molar-refractivity contribution is 9.10. The zero-order valence-electron chi connectivity index (χ0n) is 49.1. The van der Waals surface area contributed by atoms with Gasteiger partial charge in [-0.05, 0) is 156 Å². The molecular formula is C70H63BrF5N13O2. The Labute approximate surface area is 532 Å². The van der Waals surface area contributed by atoms with E-state index in [0.717, 1.165) is 47.3 Å². The highest BCUT2D eigenvalue weighted by Crippen LogP contribution is 2.28. The molecule has 0 atom stereocenters. The second-order valence-electron chi connectivity index (χ2n) is 18.9. The largest absolute Gasteiger partial charge is 0.411 e. The maximum absolute atomic E-state index is 14.0. The fraction of sp³-hybridized carbons (Fsp3) is 0.143. The van der Waals surface area contributed by atoms with Crippen LogP contribution in [0.3, 0.4) is 0 Å². The summed E-state index contributed by atoms with van der Waals surface area (Å²) in [7, 11) is 0. The fourth-order valence-corrected chi connectivity index (χ4v) is 8.91. The lowest BCUT2D eigenvalue weighted by Gasteiger charge is -2.10. The monoisotopic (exact) mass is 1290 g/mol. The topological polar surface area (TPSA) is 231 Å². The molecule has 9 N–H and O–H groups in total. The summed E-state index contributed by atoms with van der Waals surface area (Å²) in [4.78, 5) is 25.1. The Kier molecular flexibility index (Phi) is 29.0. The first-order chi connectivity index (χ1) is 44.4. The molecule has 0 radical (unpaired) electrons. The van der Waals surface area contributed by atoms with E-state index in [9.17, 15) is 22.0 Å². The number of fused-ring (bicyclic) bond motifs is 4. The minimum atomic E-state index is -0.300. The van der Waals surface area contributed by atoms with Crippen LogP contribution in [-0.2, 0) is 6.42 Å². The number of unbranched alkanes of at least 4 members (excludes halogenated alkanes) is 1. The number of nitrogens with zero attached hydrogens (tertiary/aromatic N) is 8. The zero-order valence-corrected chi connectivity index (χ0v) is 50.7. The van der Waals surface area contributed by atoms with Crippen LogP contribution in [0.4, 0.5) is 44.7 Å². The predicted octanol–water partition coefficient (Wildman–Crippen LogP) is 14.8. The Morgan fingerprint density at radius 3 is 1.42 bits per heavy atom. The lowest BCUT2D eigenvalue weighted by molar-refractivity contribution is 0.321. The van der Waals surface area contributed by atoms with E-state index in [1.54, 1.807) is 134 Å². The molecule has 0 aliphatic rings. The fourth-order valence-electron chi connectivity index (χ4n) is 8.40. The molecule has 5 aromatic carbocycles. The maximum atomic E-state index is 14.0. The van der Waals surface area contributed by atoms with Crippen molar-refractivity contribution in [1.29, 1.82) is 0 Å². The third-order valence-electron chi connectivity index (χ3n) is 12.5. The van der Waals surface area contributed by atoms with E-state index in [1.165, 1.54) is 48.8 Å². The summed E-state index contributed by atoms with van der Waals surface area (Å²) in [5.41, 5.74) is 18.2. The number of halogens is 6. The smallest absolute Gasteiger partial charge is 0.134 e. The van der Waals surface area contributed by atoms with Gasteiger partial charge in [0.2, 0.25) is 0 Å². The Balaban J connectivity index is 0.000000185. The van der Waals surface area contributed by atoms with Gasteiger partial charge in [-0.3, -0.25) is 24.9 Å². The van der Waals surface area contributed by atoms with Crippen LogP contribution in [0.25, 0.3) is 43.6 Å². The molecule has 0 spiro atoms. The lowest BCUT2D eigenvalue weighted by atomic mass is 10.1. The van der Waals surface area contributed by atoms with Crippen molar-refractivity contribution in [3.8, 4) is 36.5 Å². The van der Waals surface area contributed by atoms with Crippen molar-refractivity contribution < 1.29 is 32.4 Å². The molecule has 6 heterocycles. The first-order valence-corrected chi connectivity index (χ1v) is 29.0. The van der Waals surface area contributed by atoms with Crippen molar-refractivity contribution in [2.75, 3.05) is 47.9 Å². The van der Waals surface area contributed by atoms with Crippen LogP contribution in [0.2, 0.25) is 0 Å². The minimum Gasteiger partial charge on any atom is -0.411 e. The number of oxime groups is 2. The van der Waals surface area contributed by atoms with Gasteiger partial charge in [0.1, 0.15) is 34.8 Å². The van der Waals surface area contributed by atoms with Gasteiger partial charge in [-0.1, -0.05) is 58.7 Å². The van der Waals surface area contributed by atoms with Gasteiger partial charge in [0.05, 0.1) is 67.4 Å². The summed E-state index contributed by atoms with van der Waals surface area (Å²) in [5.74, 6) is 9.52. The molecule has 0 amide bonds. The number of hydrogen-bond donors (Lipinski definition) is 7. The summed E-state index contributed by atoms with van der Waals surface area (Å²) < 4.78 is 67.7. The van der Waals surface area contributed by atoms with E-state index < -0.39 is 0 Å². The number of nitrogens with one attached hydrogen (secondary N) is 3. The first-order valence-electron chi connectivity index (χ1n) is 28.2. The van der Waals surface area contributed by atoms with E-state index in [0.29, 0.717) is 111 Å². The van der Waals surface area contributed by atoms with Crippen molar-refractivity contribution >= 4 is 94.7 Å². The Morgan fingerprint density at radius 1 is 0.505 bits per heavy atom. The lowest BCUT2D eigenvalue weighted by Crippen LogP contribution is -2.04. The normalized spacial score (nSPS) is 10.3. The van der Waals surface area contributed by atoms with Crippen LogP contribution in [0.15, 0.2) is 197 Å². The van der Waals surface area contributed by atoms with Gasteiger partial charge >= 0.3 is 0 Å². The number of nitrogen functional groups attached to an aromatic ring is 1. The van der Waals surface area contributed by atoms with E-state index >= 15 is 0 Å². The average Bonchev–Trinajstić information content (AvgIpc) is 1.09. The molecule has 0 saturated carbocycles. The summed E-state index contributed by atoms with van der Waals surface area (Å²) in [5, 5.41) is 34.7. The number of benzene rings is 5. The standard InChI is InChI=1S/C19H19FN4O.C19H15FN4O.C13H11FN2.C9H5BrFN.C6H6FN.C4H7N/c2*20-16-8-4-9-17-19(16)18(10-12-22-17)21-11-2-1-5-14-6-3-7-15(24-14)13-23-25;1-2-3-8-15-12-7-9-16-11-6-4-5-10(14)13(11)12;10-6-4-5-12-8-3-1-2-7(11)9(6)8;7-5-2-1-3-6(8)4-5;1-2-3-4-5/h3-4,6-10,12-13,25H,1-2,5,11H2,(H,21,22);3-4,6-10,12-13,25H,2,11H2,(H,21,22);1,4-7,9H,3,8H2,(H,15,16);1-5H;1-4H,8H2;1H,3-5H2/b2*23-13-;;;;. The van der Waals surface area contributed by atoms with Gasteiger partial charge in [-0.2, -0.15) is 0 Å². The molecule has 0 bridgehead atoms. The van der Waals surface area contributed by atoms with Crippen LogP contribution in [0.5, 0.6) is 0 Å². The third-order valence-corrected chi connectivity index (χ3v) is 13.1. The summed E-state index contributed by atoms with van der Waals surface area (Å²) in [6, 6.07) is 43.3. The van der Waals surface area contributed by atoms with Gasteiger partial charge in [0.25, 0.3) is 0 Å². The van der Waals surface area contributed by atoms with Crippen LogP contribution < -0.4 is 27.4 Å². The summed E-state index contributed by atoms with van der Waals surface area (Å²) in [6.07, 6.45) is 23.7. The Bertz CT molecular complexity index is 4280. The van der Waals surface area contributed by atoms with Crippen LogP contribution in [0, 0.1) is 65.6 Å². The molecule has 15 nitrogen and oxygen atoms in total. The molecule has 11 aromatic rings. The second kappa shape index (κ2) is 38.3. The summed E-state index contributed by atoms with van der Waals surface area (Å²) >= 11 is 3.27. The predicted molar refractivity (Wildman–Crippen MR) is 358 cm³/mol. The first kappa shape index (κ1) is 69.1. The average molecular weight is 1290 g/mol. The van der Waals surface area contributed by atoms with Crippen molar-refractivity contribution in [1.82, 2.24) is 29.9 Å². The number of nitrogens with two attached hydrogens (primary N) is 2. The third kappa shape index (κ3) is 22.6. The van der Waals surface area contributed by atoms with Gasteiger partial charge in [0, 0.05) is 103 Å². The number of terminal acetylenes is 2. The van der Waals surface area contributed by atoms with Crippen LogP contribution >= 0.6 is 15.9 Å². The molecule has 0 aliphatic carbocycles. The number of aromatic nitrogens is 6. The molecule has 0 saturated heterocycles. The van der Waals surface area contributed by atoms with Crippen molar-refractivity contribution in [2.24, 2.45) is 16.0 Å². The molecule has 0 fully saturated rings. The van der Waals surface area contributed by atoms with Gasteiger partial charge < -0.3 is 37.8 Å². The van der Waals surface area contributed by atoms with Crippen molar-refractivity contribution in [3.05, 3.63) is 239 Å². The highest BCUT2D eigenvalue weighted by atomic mass is 79.9. The SMILES string of the molecule is C#CCCN.C#CCCNc1ccnc2cccc(F)c12.Fc1cccc2nccc(Br)c12.Nc1cccc(F)c1.O/N=C\c1cccc(C#CCCNc2ccnc3cccc(F)c23)n1.O/N=C\c1cccc(CCCCNc2ccnc3cccc(F)c23)n1. The van der Waals surface area contributed by atoms with E-state index in [4.69, 9.17) is 34.7 Å². The van der Waals surface area contributed by atoms with Crippen molar-refractivity contribution in [2.45, 2.75) is 38.5 Å². The Hall–Kier alpha value is -11.1. The Morgan fingerprint density at radius 2 is 0.956 bits per heavy atom. The van der Waals surface area contributed by atoms with Gasteiger partial charge in [-0.15, -0.1) is 24.7 Å². The van der Waals surface area contributed by atoms with Crippen molar-refractivity contribution in [3.63, 3.8) is 0 Å². The van der Waals surface area contributed by atoms with E-state index in [1.807, 2.05) is 12.1 Å². The van der Waals surface area contributed by atoms with Crippen LogP contribution in [0.1, 0.15) is 54.9 Å². The zero-order chi connectivity index (χ0) is 65.0. The highest BCUT2D eigenvalue weighted by Gasteiger charge is 2.10. The molecule has 0 unspecified atom stereocenters. The number of hydrogen-bond acceptors (Lipinski definition) is 15. The second-order valence-corrected chi connectivity index (χ2v) is 19.8. The molecule has 21 heteroatoms. The number of rotatable bonds is 15. The van der Waals surface area contributed by atoms with Gasteiger partial charge in [-0.25, -0.2) is 26.9 Å². The number of pyridine rings is 6. The quantitative estimate of drug-likeness (QED) is 0.00964. The number of anilines is 4. The molecule has 91 heavy (non-hydrogen) atoms. The minimum absolute atomic E-state index is 0.243. The summed E-state index contributed by atoms with van der Waals surface area (Å²) in [6.45, 7) is 2.55. The van der Waals surface area contributed by atoms with Crippen LogP contribution in [-0.4, -0.2) is 78.9 Å². The molecule has 6 aromatic heterocycles. The number of aryl methyl sites for hydroxylation is 1. The molecule has 11 rings (SSSR count). The van der Waals surface area contributed by atoms with Gasteiger partial charge in [0.15, 0.2) is 0 Å². The van der Waals surface area contributed by atoms with E-state index in [-0.39, 0.29) is 29.1 Å². The molecule has 0 aliphatic heterocycles. The maximum Gasteiger partial charge on any atom is 0.134 e. The molecule has 462 valence electrons.